The van der Waals surface area contributed by atoms with E-state index in [2.05, 4.69) is 20.9 Å². The number of aliphatic imine (C=N–C) groups is 1. The highest BCUT2D eigenvalue weighted by Gasteiger charge is 2.23. The number of rotatable bonds is 10. The lowest BCUT2D eigenvalue weighted by Gasteiger charge is -2.11. The Morgan fingerprint density at radius 2 is 2.00 bits per heavy atom. The Labute approximate surface area is 188 Å². The van der Waals surface area contributed by atoms with Gasteiger partial charge in [0.25, 0.3) is 5.91 Å². The summed E-state index contributed by atoms with van der Waals surface area (Å²) in [7, 11) is 0. The Kier molecular flexibility index (Phi) is 9.82. The fourth-order valence-electron chi connectivity index (χ4n) is 2.62. The molecule has 1 aliphatic carbocycles. The first-order chi connectivity index (χ1) is 13.7. The molecule has 1 fully saturated rings. The second-order valence-corrected chi connectivity index (χ2v) is 6.73. The average Bonchev–Trinajstić information content (AvgIpc) is 3.36. The number of benzene rings is 1. The van der Waals surface area contributed by atoms with Gasteiger partial charge in [-0.05, 0) is 56.0 Å². The minimum absolute atomic E-state index is 0. The van der Waals surface area contributed by atoms with Gasteiger partial charge in [0.15, 0.2) is 12.6 Å². The Balaban J connectivity index is 0.00000300. The molecule has 0 aliphatic heterocycles. The molecule has 7 nitrogen and oxygen atoms in total. The number of hydrogen-bond donors (Lipinski definition) is 3. The van der Waals surface area contributed by atoms with Crippen LogP contribution < -0.4 is 20.7 Å². The number of furan rings is 1. The van der Waals surface area contributed by atoms with Crippen LogP contribution in [0.4, 0.5) is 0 Å². The van der Waals surface area contributed by atoms with Gasteiger partial charge >= 0.3 is 0 Å². The zero-order valence-electron chi connectivity index (χ0n) is 16.6. The SMILES string of the molecule is CCNC(=NCc1ccco1)NCCc1ccc(OCC(=O)NC2CC2)cc1.I. The molecule has 2 aromatic rings. The van der Waals surface area contributed by atoms with Gasteiger partial charge in [-0.2, -0.15) is 0 Å². The molecule has 0 atom stereocenters. The van der Waals surface area contributed by atoms with Gasteiger partial charge in [-0.1, -0.05) is 12.1 Å². The van der Waals surface area contributed by atoms with E-state index < -0.39 is 0 Å². The second-order valence-electron chi connectivity index (χ2n) is 6.73. The van der Waals surface area contributed by atoms with E-state index in [9.17, 15) is 4.79 Å². The summed E-state index contributed by atoms with van der Waals surface area (Å²) in [6, 6.07) is 12.0. The fourth-order valence-corrected chi connectivity index (χ4v) is 2.62. The van der Waals surface area contributed by atoms with Crippen molar-refractivity contribution < 1.29 is 13.9 Å². The Morgan fingerprint density at radius 1 is 1.21 bits per heavy atom. The molecule has 3 rings (SSSR count). The average molecular weight is 512 g/mol. The van der Waals surface area contributed by atoms with Crippen LogP contribution >= 0.6 is 24.0 Å². The lowest BCUT2D eigenvalue weighted by atomic mass is 10.1. The van der Waals surface area contributed by atoms with Gasteiger partial charge in [0.1, 0.15) is 18.1 Å². The number of carbonyl (C=O) groups excluding carboxylic acids is 1. The molecule has 1 saturated carbocycles. The first kappa shape index (κ1) is 23.1. The van der Waals surface area contributed by atoms with Crippen molar-refractivity contribution in [1.82, 2.24) is 16.0 Å². The van der Waals surface area contributed by atoms with Gasteiger partial charge in [0.2, 0.25) is 0 Å². The quantitative estimate of drug-likeness (QED) is 0.259. The van der Waals surface area contributed by atoms with Crippen molar-refractivity contribution >= 4 is 35.8 Å². The van der Waals surface area contributed by atoms with Crippen LogP contribution in [0.5, 0.6) is 5.75 Å². The minimum atomic E-state index is -0.0550. The molecule has 158 valence electrons. The molecule has 1 amide bonds. The summed E-state index contributed by atoms with van der Waals surface area (Å²) in [6.45, 7) is 4.16. The first-order valence-corrected chi connectivity index (χ1v) is 9.78. The predicted molar refractivity (Wildman–Crippen MR) is 124 cm³/mol. The third-order valence-electron chi connectivity index (χ3n) is 4.26. The molecule has 1 aromatic carbocycles. The molecule has 0 radical (unpaired) electrons. The number of nitrogens with zero attached hydrogens (tertiary/aromatic N) is 1. The lowest BCUT2D eigenvalue weighted by molar-refractivity contribution is -0.123. The zero-order valence-corrected chi connectivity index (χ0v) is 19.0. The van der Waals surface area contributed by atoms with E-state index in [1.54, 1.807) is 6.26 Å². The molecule has 0 spiro atoms. The maximum absolute atomic E-state index is 11.7. The van der Waals surface area contributed by atoms with E-state index in [0.29, 0.717) is 18.3 Å². The van der Waals surface area contributed by atoms with Crippen LogP contribution in [0.15, 0.2) is 52.1 Å². The summed E-state index contributed by atoms with van der Waals surface area (Å²) in [6.07, 6.45) is 4.67. The maximum Gasteiger partial charge on any atom is 0.258 e. The molecule has 0 saturated heterocycles. The number of halogens is 1. The highest BCUT2D eigenvalue weighted by Crippen LogP contribution is 2.18. The highest BCUT2D eigenvalue weighted by atomic mass is 127. The summed E-state index contributed by atoms with van der Waals surface area (Å²) in [5, 5.41) is 9.46. The van der Waals surface area contributed by atoms with Crippen molar-refractivity contribution in [1.29, 1.82) is 0 Å². The van der Waals surface area contributed by atoms with Gasteiger partial charge in [-0.3, -0.25) is 4.79 Å². The van der Waals surface area contributed by atoms with Crippen LogP contribution in [0.1, 0.15) is 31.1 Å². The lowest BCUT2D eigenvalue weighted by Crippen LogP contribution is -2.38. The number of guanidine groups is 1. The fraction of sp³-hybridized carbons (Fsp3) is 0.429. The van der Waals surface area contributed by atoms with E-state index in [0.717, 1.165) is 44.1 Å². The predicted octanol–water partition coefficient (Wildman–Crippen LogP) is 2.85. The van der Waals surface area contributed by atoms with Crippen LogP contribution in [0, 0.1) is 0 Å². The summed E-state index contributed by atoms with van der Waals surface area (Å²) in [5.41, 5.74) is 1.18. The molecule has 8 heteroatoms. The van der Waals surface area contributed by atoms with Crippen molar-refractivity contribution in [2.75, 3.05) is 19.7 Å². The second kappa shape index (κ2) is 12.4. The Bertz CT molecular complexity index is 759. The summed E-state index contributed by atoms with van der Waals surface area (Å²) in [4.78, 5) is 16.2. The standard InChI is InChI=1S/C21H28N4O3.HI/c1-2-22-21(24-14-19-4-3-13-27-19)23-12-11-16-5-9-18(10-6-16)28-15-20(26)25-17-7-8-17;/h3-6,9-10,13,17H,2,7-8,11-12,14-15H2,1H3,(H,25,26)(H2,22,23,24);1H. The van der Waals surface area contributed by atoms with Crippen LogP contribution in [0.3, 0.4) is 0 Å². The van der Waals surface area contributed by atoms with Crippen LogP contribution in [-0.2, 0) is 17.8 Å². The molecular formula is C21H29IN4O3. The maximum atomic E-state index is 11.7. The normalized spacial score (nSPS) is 13.3. The van der Waals surface area contributed by atoms with Crippen molar-refractivity contribution in [2.45, 2.75) is 38.8 Å². The summed E-state index contributed by atoms with van der Waals surface area (Å²) >= 11 is 0. The molecule has 1 aliphatic rings. The van der Waals surface area contributed by atoms with Crippen molar-refractivity contribution in [3.8, 4) is 5.75 Å². The summed E-state index contributed by atoms with van der Waals surface area (Å²) < 4.78 is 10.8. The number of hydrogen-bond acceptors (Lipinski definition) is 4. The number of amides is 1. The highest BCUT2D eigenvalue weighted by molar-refractivity contribution is 14.0. The molecule has 3 N–H and O–H groups in total. The Morgan fingerprint density at radius 3 is 2.66 bits per heavy atom. The molecule has 0 unspecified atom stereocenters. The smallest absolute Gasteiger partial charge is 0.258 e. The molecule has 29 heavy (non-hydrogen) atoms. The molecular weight excluding hydrogens is 483 g/mol. The molecule has 1 heterocycles. The van der Waals surface area contributed by atoms with E-state index in [1.807, 2.05) is 43.3 Å². The van der Waals surface area contributed by atoms with Crippen LogP contribution in [-0.4, -0.2) is 37.6 Å². The summed E-state index contributed by atoms with van der Waals surface area (Å²) in [5.74, 6) is 2.25. The van der Waals surface area contributed by atoms with Gasteiger partial charge in [-0.25, -0.2) is 4.99 Å². The third-order valence-corrected chi connectivity index (χ3v) is 4.26. The largest absolute Gasteiger partial charge is 0.484 e. The number of ether oxygens (including phenoxy) is 1. The number of carbonyl (C=O) groups is 1. The van der Waals surface area contributed by atoms with Crippen molar-refractivity contribution in [3.05, 3.63) is 54.0 Å². The first-order valence-electron chi connectivity index (χ1n) is 9.78. The van der Waals surface area contributed by atoms with Gasteiger partial charge in [0.05, 0.1) is 6.26 Å². The van der Waals surface area contributed by atoms with Crippen molar-refractivity contribution in [2.24, 2.45) is 4.99 Å². The topological polar surface area (TPSA) is 87.9 Å². The monoisotopic (exact) mass is 512 g/mol. The van der Waals surface area contributed by atoms with Crippen LogP contribution in [0.25, 0.3) is 0 Å². The van der Waals surface area contributed by atoms with Gasteiger partial charge < -0.3 is 25.1 Å². The van der Waals surface area contributed by atoms with E-state index >= 15 is 0 Å². The minimum Gasteiger partial charge on any atom is -0.484 e. The zero-order chi connectivity index (χ0) is 19.6. The van der Waals surface area contributed by atoms with Crippen molar-refractivity contribution in [3.63, 3.8) is 0 Å². The van der Waals surface area contributed by atoms with E-state index in [1.165, 1.54) is 5.56 Å². The number of nitrogens with one attached hydrogen (secondary N) is 3. The van der Waals surface area contributed by atoms with E-state index in [-0.39, 0.29) is 36.5 Å². The van der Waals surface area contributed by atoms with Gasteiger partial charge in [-0.15, -0.1) is 24.0 Å². The molecule has 1 aromatic heterocycles. The Hall–Kier alpha value is -2.23. The van der Waals surface area contributed by atoms with E-state index in [4.69, 9.17) is 9.15 Å². The third kappa shape index (κ3) is 8.76. The van der Waals surface area contributed by atoms with Gasteiger partial charge in [0, 0.05) is 19.1 Å². The molecule has 0 bridgehead atoms. The van der Waals surface area contributed by atoms with Crippen LogP contribution in [0.2, 0.25) is 0 Å².